The van der Waals surface area contributed by atoms with Crippen LogP contribution in [0, 0.1) is 5.92 Å². The van der Waals surface area contributed by atoms with Gasteiger partial charge in [-0.05, 0) is 31.6 Å². The summed E-state index contributed by atoms with van der Waals surface area (Å²) in [5.41, 5.74) is 0.926. The standard InChI is InChI=1S/C13H18N6S/c1-20-13-17-16-12(11-15-5-7-19(11)13)18-6-3-9-2-4-14-8-10(9)18/h5,7,9-10,14H,2-4,6,8H2,1H3. The van der Waals surface area contributed by atoms with Crippen LogP contribution in [0.5, 0.6) is 0 Å². The molecule has 2 aromatic heterocycles. The van der Waals surface area contributed by atoms with Gasteiger partial charge in [-0.1, -0.05) is 11.8 Å². The van der Waals surface area contributed by atoms with E-state index in [1.165, 1.54) is 12.8 Å². The summed E-state index contributed by atoms with van der Waals surface area (Å²) in [7, 11) is 0. The van der Waals surface area contributed by atoms with Crippen molar-refractivity contribution in [2.45, 2.75) is 24.0 Å². The zero-order chi connectivity index (χ0) is 13.5. The predicted molar refractivity (Wildman–Crippen MR) is 79.3 cm³/mol. The van der Waals surface area contributed by atoms with E-state index in [0.717, 1.165) is 42.2 Å². The summed E-state index contributed by atoms with van der Waals surface area (Å²) in [4.78, 5) is 6.89. The third kappa shape index (κ3) is 1.80. The van der Waals surface area contributed by atoms with Crippen LogP contribution in [-0.2, 0) is 0 Å². The Morgan fingerprint density at radius 2 is 2.30 bits per heavy atom. The third-order valence-electron chi connectivity index (χ3n) is 4.46. The average Bonchev–Trinajstić information content (AvgIpc) is 3.13. The molecule has 20 heavy (non-hydrogen) atoms. The second kappa shape index (κ2) is 4.89. The molecule has 2 atom stereocenters. The average molecular weight is 290 g/mol. The summed E-state index contributed by atoms with van der Waals surface area (Å²) >= 11 is 1.60. The van der Waals surface area contributed by atoms with E-state index < -0.39 is 0 Å². The van der Waals surface area contributed by atoms with Crippen LogP contribution in [-0.4, -0.2) is 51.5 Å². The highest BCUT2D eigenvalue weighted by Crippen LogP contribution is 2.33. The smallest absolute Gasteiger partial charge is 0.195 e. The molecule has 6 nitrogen and oxygen atoms in total. The monoisotopic (exact) mass is 290 g/mol. The van der Waals surface area contributed by atoms with Crippen molar-refractivity contribution in [1.29, 1.82) is 0 Å². The van der Waals surface area contributed by atoms with Gasteiger partial charge in [0, 0.05) is 31.5 Å². The number of nitrogens with zero attached hydrogens (tertiary/aromatic N) is 5. The number of rotatable bonds is 2. The molecule has 0 saturated carbocycles. The number of fused-ring (bicyclic) bond motifs is 2. The number of hydrogen-bond donors (Lipinski definition) is 1. The van der Waals surface area contributed by atoms with E-state index in [1.54, 1.807) is 11.8 Å². The highest BCUT2D eigenvalue weighted by molar-refractivity contribution is 7.98. The van der Waals surface area contributed by atoms with E-state index in [2.05, 4.69) is 25.4 Å². The van der Waals surface area contributed by atoms with Crippen LogP contribution in [0.1, 0.15) is 12.8 Å². The quantitative estimate of drug-likeness (QED) is 0.834. The van der Waals surface area contributed by atoms with Gasteiger partial charge in [0.2, 0.25) is 0 Å². The van der Waals surface area contributed by atoms with Gasteiger partial charge in [-0.15, -0.1) is 10.2 Å². The van der Waals surface area contributed by atoms with Gasteiger partial charge in [0.25, 0.3) is 0 Å². The first kappa shape index (κ1) is 12.4. The Balaban J connectivity index is 1.77. The second-order valence-corrected chi connectivity index (χ2v) is 6.21. The van der Waals surface area contributed by atoms with Gasteiger partial charge in [0.05, 0.1) is 0 Å². The van der Waals surface area contributed by atoms with Gasteiger partial charge in [0.15, 0.2) is 16.6 Å². The highest BCUT2D eigenvalue weighted by atomic mass is 32.2. The summed E-state index contributed by atoms with van der Waals surface area (Å²) in [6, 6.07) is 0.540. The normalized spacial score (nSPS) is 26.1. The number of anilines is 1. The van der Waals surface area contributed by atoms with E-state index in [9.17, 15) is 0 Å². The molecule has 0 spiro atoms. The molecule has 0 bridgehead atoms. The zero-order valence-electron chi connectivity index (χ0n) is 11.5. The molecule has 7 heteroatoms. The lowest BCUT2D eigenvalue weighted by molar-refractivity contribution is 0.358. The summed E-state index contributed by atoms with van der Waals surface area (Å²) in [5.74, 6) is 1.72. The van der Waals surface area contributed by atoms with E-state index in [-0.39, 0.29) is 0 Å². The molecule has 0 aromatic carbocycles. The number of piperidine rings is 1. The van der Waals surface area contributed by atoms with E-state index in [0.29, 0.717) is 6.04 Å². The number of hydrogen-bond acceptors (Lipinski definition) is 6. The van der Waals surface area contributed by atoms with Crippen molar-refractivity contribution < 1.29 is 0 Å². The SMILES string of the molecule is CSc1nnc(N2CCC3CCNCC32)c2nccn12. The largest absolute Gasteiger partial charge is 0.347 e. The lowest BCUT2D eigenvalue weighted by Gasteiger charge is -2.32. The molecular weight excluding hydrogens is 272 g/mol. The molecular formula is C13H18N6S. The summed E-state index contributed by atoms with van der Waals surface area (Å²) in [6.45, 7) is 3.25. The molecule has 0 amide bonds. The first-order valence-corrected chi connectivity index (χ1v) is 8.32. The number of imidazole rings is 1. The second-order valence-electron chi connectivity index (χ2n) is 5.43. The summed E-state index contributed by atoms with van der Waals surface area (Å²) in [5, 5.41) is 13.2. The van der Waals surface area contributed by atoms with Crippen molar-refractivity contribution in [1.82, 2.24) is 24.9 Å². The van der Waals surface area contributed by atoms with Crippen LogP contribution in [0.3, 0.4) is 0 Å². The van der Waals surface area contributed by atoms with Gasteiger partial charge >= 0.3 is 0 Å². The minimum Gasteiger partial charge on any atom is -0.347 e. The van der Waals surface area contributed by atoms with Crippen molar-refractivity contribution in [2.75, 3.05) is 30.8 Å². The summed E-state index contributed by atoms with van der Waals surface area (Å²) < 4.78 is 2.04. The van der Waals surface area contributed by atoms with E-state index in [4.69, 9.17) is 0 Å². The Morgan fingerprint density at radius 3 is 3.20 bits per heavy atom. The molecule has 4 rings (SSSR count). The van der Waals surface area contributed by atoms with Crippen LogP contribution < -0.4 is 10.2 Å². The van der Waals surface area contributed by atoms with Crippen molar-refractivity contribution >= 4 is 23.2 Å². The van der Waals surface area contributed by atoms with Crippen LogP contribution in [0.4, 0.5) is 5.82 Å². The van der Waals surface area contributed by atoms with Crippen molar-refractivity contribution in [2.24, 2.45) is 5.92 Å². The fourth-order valence-corrected chi connectivity index (χ4v) is 3.93. The molecule has 0 aliphatic carbocycles. The molecule has 2 aliphatic rings. The highest BCUT2D eigenvalue weighted by Gasteiger charge is 2.37. The molecule has 2 aromatic rings. The van der Waals surface area contributed by atoms with Gasteiger partial charge in [-0.25, -0.2) is 4.98 Å². The molecule has 2 unspecified atom stereocenters. The van der Waals surface area contributed by atoms with Crippen molar-refractivity contribution in [3.8, 4) is 0 Å². The van der Waals surface area contributed by atoms with Gasteiger partial charge < -0.3 is 10.2 Å². The molecule has 2 saturated heterocycles. The van der Waals surface area contributed by atoms with Crippen molar-refractivity contribution in [3.05, 3.63) is 12.4 Å². The minimum atomic E-state index is 0.540. The van der Waals surface area contributed by atoms with Crippen LogP contribution in [0.15, 0.2) is 17.6 Å². The Hall–Kier alpha value is -1.34. The fraction of sp³-hybridized carbons (Fsp3) is 0.615. The van der Waals surface area contributed by atoms with Crippen LogP contribution in [0.25, 0.3) is 5.65 Å². The topological polar surface area (TPSA) is 58.4 Å². The Labute approximate surface area is 122 Å². The number of aromatic nitrogens is 4. The third-order valence-corrected chi connectivity index (χ3v) is 5.11. The molecule has 4 heterocycles. The van der Waals surface area contributed by atoms with Gasteiger partial charge in [-0.3, -0.25) is 4.40 Å². The minimum absolute atomic E-state index is 0.540. The lowest BCUT2D eigenvalue weighted by atomic mass is 9.93. The molecule has 2 aliphatic heterocycles. The molecule has 1 N–H and O–H groups in total. The maximum atomic E-state index is 4.49. The Morgan fingerprint density at radius 1 is 1.35 bits per heavy atom. The number of nitrogens with one attached hydrogen (secondary N) is 1. The maximum absolute atomic E-state index is 4.49. The first-order valence-electron chi connectivity index (χ1n) is 7.09. The first-order chi connectivity index (χ1) is 9.88. The predicted octanol–water partition coefficient (Wildman–Crippen LogP) is 1.03. The maximum Gasteiger partial charge on any atom is 0.195 e. The molecule has 106 valence electrons. The Bertz CT molecular complexity index is 626. The van der Waals surface area contributed by atoms with E-state index in [1.807, 2.05) is 23.1 Å². The van der Waals surface area contributed by atoms with Gasteiger partial charge in [0.1, 0.15) is 0 Å². The Kier molecular flexibility index (Phi) is 3.03. The van der Waals surface area contributed by atoms with E-state index >= 15 is 0 Å². The van der Waals surface area contributed by atoms with Crippen LogP contribution >= 0.6 is 11.8 Å². The zero-order valence-corrected chi connectivity index (χ0v) is 12.3. The fourth-order valence-electron chi connectivity index (χ4n) is 3.46. The van der Waals surface area contributed by atoms with Gasteiger partial charge in [-0.2, -0.15) is 0 Å². The number of thioether (sulfide) groups is 1. The lowest BCUT2D eigenvalue weighted by Crippen LogP contribution is -2.46. The molecule has 0 radical (unpaired) electrons. The van der Waals surface area contributed by atoms with Crippen molar-refractivity contribution in [3.63, 3.8) is 0 Å². The van der Waals surface area contributed by atoms with Crippen LogP contribution in [0.2, 0.25) is 0 Å². The molecule has 2 fully saturated rings. The summed E-state index contributed by atoms with van der Waals surface area (Å²) in [6.07, 6.45) is 8.33.